The molecule has 1 N–H and O–H groups in total. The van der Waals surface area contributed by atoms with Crippen LogP contribution in [0.15, 0.2) is 48.5 Å². The highest BCUT2D eigenvalue weighted by Gasteiger charge is 2.20. The highest BCUT2D eigenvalue weighted by molar-refractivity contribution is 5.81. The van der Waals surface area contributed by atoms with Crippen LogP contribution in [0.25, 0.3) is 0 Å². The lowest BCUT2D eigenvalue weighted by molar-refractivity contribution is -0.127. The van der Waals surface area contributed by atoms with E-state index in [1.165, 1.54) is 24.0 Å². The molecule has 0 heterocycles. The fourth-order valence-electron chi connectivity index (χ4n) is 3.26. The predicted molar refractivity (Wildman–Crippen MR) is 96.2 cm³/mol. The Morgan fingerprint density at radius 1 is 1.00 bits per heavy atom. The molecular formula is C21H25NO2. The molecule has 0 aliphatic heterocycles. The Morgan fingerprint density at radius 2 is 1.75 bits per heavy atom. The topological polar surface area (TPSA) is 38.3 Å². The molecule has 1 amide bonds. The van der Waals surface area contributed by atoms with Gasteiger partial charge in [0.25, 0.3) is 5.91 Å². The first-order chi connectivity index (χ1) is 11.6. The van der Waals surface area contributed by atoms with Gasteiger partial charge in [-0.1, -0.05) is 42.5 Å². The second kappa shape index (κ2) is 7.52. The van der Waals surface area contributed by atoms with Gasteiger partial charge in [0, 0.05) is 0 Å². The van der Waals surface area contributed by atoms with E-state index in [0.29, 0.717) is 0 Å². The number of ether oxygens (including phenoxy) is 1. The lowest BCUT2D eigenvalue weighted by atomic mass is 9.91. The molecule has 1 aliphatic carbocycles. The number of benzene rings is 2. The number of rotatable bonds is 5. The first-order valence-corrected chi connectivity index (χ1v) is 8.78. The molecule has 0 bridgehead atoms. The highest BCUT2D eigenvalue weighted by atomic mass is 16.5. The number of hydrogen-bond acceptors (Lipinski definition) is 2. The molecule has 2 atom stereocenters. The van der Waals surface area contributed by atoms with E-state index in [2.05, 4.69) is 11.4 Å². The first kappa shape index (κ1) is 16.6. The molecule has 24 heavy (non-hydrogen) atoms. The van der Waals surface area contributed by atoms with Crippen molar-refractivity contribution in [1.29, 1.82) is 0 Å². The van der Waals surface area contributed by atoms with Crippen LogP contribution in [-0.2, 0) is 17.6 Å². The zero-order valence-electron chi connectivity index (χ0n) is 14.4. The van der Waals surface area contributed by atoms with E-state index in [1.807, 2.05) is 56.3 Å². The van der Waals surface area contributed by atoms with Gasteiger partial charge in [-0.05, 0) is 62.3 Å². The van der Waals surface area contributed by atoms with Crippen LogP contribution in [-0.4, -0.2) is 12.0 Å². The quantitative estimate of drug-likeness (QED) is 0.895. The van der Waals surface area contributed by atoms with Crippen molar-refractivity contribution in [1.82, 2.24) is 5.32 Å². The number of carbonyl (C=O) groups is 1. The maximum atomic E-state index is 12.5. The van der Waals surface area contributed by atoms with E-state index in [1.54, 1.807) is 0 Å². The molecular weight excluding hydrogens is 298 g/mol. The monoisotopic (exact) mass is 323 g/mol. The molecule has 2 aromatic rings. The van der Waals surface area contributed by atoms with Crippen molar-refractivity contribution < 1.29 is 9.53 Å². The van der Waals surface area contributed by atoms with Crippen molar-refractivity contribution in [2.45, 2.75) is 51.7 Å². The Hall–Kier alpha value is -2.29. The van der Waals surface area contributed by atoms with Crippen molar-refractivity contribution in [2.75, 3.05) is 0 Å². The Morgan fingerprint density at radius 3 is 2.54 bits per heavy atom. The summed E-state index contributed by atoms with van der Waals surface area (Å²) in [4.78, 5) is 12.5. The number of carbonyl (C=O) groups excluding carboxylic acids is 1. The number of fused-ring (bicyclic) bond motifs is 1. The van der Waals surface area contributed by atoms with Crippen LogP contribution in [0.2, 0.25) is 0 Å². The Bertz CT molecular complexity index is 696. The minimum Gasteiger partial charge on any atom is -0.481 e. The molecule has 126 valence electrons. The van der Waals surface area contributed by atoms with E-state index in [9.17, 15) is 4.79 Å². The van der Waals surface area contributed by atoms with E-state index < -0.39 is 6.10 Å². The first-order valence-electron chi connectivity index (χ1n) is 8.78. The van der Waals surface area contributed by atoms with Gasteiger partial charge in [-0.3, -0.25) is 4.79 Å². The van der Waals surface area contributed by atoms with E-state index in [0.717, 1.165) is 24.2 Å². The summed E-state index contributed by atoms with van der Waals surface area (Å²) in [6.07, 6.45) is 4.07. The Kier molecular flexibility index (Phi) is 5.19. The second-order valence-electron chi connectivity index (χ2n) is 6.50. The van der Waals surface area contributed by atoms with Gasteiger partial charge in [0.2, 0.25) is 0 Å². The third kappa shape index (κ3) is 3.78. The molecule has 0 radical (unpaired) electrons. The summed E-state index contributed by atoms with van der Waals surface area (Å²) in [5.41, 5.74) is 3.73. The minimum absolute atomic E-state index is 0.0329. The standard InChI is InChI=1S/C21H25NO2/c1-15(17-9-4-3-5-10-17)22-21(23)16(2)24-20-14-8-12-18-11-6-7-13-19(18)20/h3-5,8-10,12,14-16H,6-7,11,13H2,1-2H3,(H,22,23)/t15-,16+/m1/s1. The van der Waals surface area contributed by atoms with Crippen molar-refractivity contribution in [3.05, 3.63) is 65.2 Å². The average molecular weight is 323 g/mol. The van der Waals surface area contributed by atoms with Crippen LogP contribution < -0.4 is 10.1 Å². The molecule has 0 fully saturated rings. The molecule has 0 spiro atoms. The summed E-state index contributed by atoms with van der Waals surface area (Å²) in [6.45, 7) is 3.81. The van der Waals surface area contributed by atoms with E-state index in [4.69, 9.17) is 4.74 Å². The maximum absolute atomic E-state index is 12.5. The molecule has 3 nitrogen and oxygen atoms in total. The minimum atomic E-state index is -0.510. The van der Waals surface area contributed by atoms with Crippen molar-refractivity contribution in [2.24, 2.45) is 0 Å². The van der Waals surface area contributed by atoms with Crippen molar-refractivity contribution in [3.63, 3.8) is 0 Å². The van der Waals surface area contributed by atoms with Gasteiger partial charge in [0.15, 0.2) is 6.10 Å². The molecule has 0 saturated carbocycles. The lowest BCUT2D eigenvalue weighted by Crippen LogP contribution is -2.38. The largest absolute Gasteiger partial charge is 0.481 e. The molecule has 0 saturated heterocycles. The Labute approximate surface area is 144 Å². The third-order valence-corrected chi connectivity index (χ3v) is 4.68. The van der Waals surface area contributed by atoms with Crippen LogP contribution >= 0.6 is 0 Å². The van der Waals surface area contributed by atoms with Gasteiger partial charge in [-0.2, -0.15) is 0 Å². The molecule has 1 aliphatic rings. The van der Waals surface area contributed by atoms with E-state index >= 15 is 0 Å². The lowest BCUT2D eigenvalue weighted by Gasteiger charge is -2.23. The van der Waals surface area contributed by atoms with Gasteiger partial charge in [-0.25, -0.2) is 0 Å². The van der Waals surface area contributed by atoms with Crippen molar-refractivity contribution >= 4 is 5.91 Å². The van der Waals surface area contributed by atoms with Crippen LogP contribution in [0, 0.1) is 0 Å². The zero-order chi connectivity index (χ0) is 16.9. The maximum Gasteiger partial charge on any atom is 0.261 e. The normalized spacial score (nSPS) is 15.9. The molecule has 3 rings (SSSR count). The molecule has 2 aromatic carbocycles. The van der Waals surface area contributed by atoms with E-state index in [-0.39, 0.29) is 11.9 Å². The Balaban J connectivity index is 1.65. The molecule has 3 heteroatoms. The van der Waals surface area contributed by atoms with Crippen LogP contribution in [0.1, 0.15) is 49.4 Å². The van der Waals surface area contributed by atoms with Gasteiger partial charge in [-0.15, -0.1) is 0 Å². The third-order valence-electron chi connectivity index (χ3n) is 4.68. The highest BCUT2D eigenvalue weighted by Crippen LogP contribution is 2.30. The van der Waals surface area contributed by atoms with Gasteiger partial charge >= 0.3 is 0 Å². The molecule has 0 aromatic heterocycles. The second-order valence-corrected chi connectivity index (χ2v) is 6.50. The summed E-state index contributed by atoms with van der Waals surface area (Å²) < 4.78 is 6.00. The summed E-state index contributed by atoms with van der Waals surface area (Å²) in [5, 5.41) is 3.03. The number of nitrogens with one attached hydrogen (secondary N) is 1. The zero-order valence-corrected chi connectivity index (χ0v) is 14.4. The summed E-state index contributed by atoms with van der Waals surface area (Å²) in [5.74, 6) is 0.780. The average Bonchev–Trinajstić information content (AvgIpc) is 2.62. The SMILES string of the molecule is C[C@H](Oc1cccc2c1CCCC2)C(=O)N[C@H](C)c1ccccc1. The van der Waals surface area contributed by atoms with Gasteiger partial charge < -0.3 is 10.1 Å². The number of aryl methyl sites for hydroxylation is 1. The van der Waals surface area contributed by atoms with Crippen molar-refractivity contribution in [3.8, 4) is 5.75 Å². The number of hydrogen-bond donors (Lipinski definition) is 1. The summed E-state index contributed by atoms with van der Waals surface area (Å²) in [6, 6.07) is 16.1. The summed E-state index contributed by atoms with van der Waals surface area (Å²) in [7, 11) is 0. The molecule has 0 unspecified atom stereocenters. The smallest absolute Gasteiger partial charge is 0.261 e. The van der Waals surface area contributed by atoms with Crippen LogP contribution in [0.5, 0.6) is 5.75 Å². The van der Waals surface area contributed by atoms with Crippen LogP contribution in [0.3, 0.4) is 0 Å². The summed E-state index contributed by atoms with van der Waals surface area (Å²) >= 11 is 0. The van der Waals surface area contributed by atoms with Gasteiger partial charge in [0.1, 0.15) is 5.75 Å². The van der Waals surface area contributed by atoms with Crippen LogP contribution in [0.4, 0.5) is 0 Å². The predicted octanol–water partition coefficient (Wildman–Crippen LogP) is 4.21. The fourth-order valence-corrected chi connectivity index (χ4v) is 3.26. The number of amides is 1. The fraction of sp³-hybridized carbons (Fsp3) is 0.381. The van der Waals surface area contributed by atoms with Gasteiger partial charge in [0.05, 0.1) is 6.04 Å².